The molecule has 0 saturated heterocycles. The first-order valence-corrected chi connectivity index (χ1v) is 42.6. The molecule has 2 unspecified atom stereocenters. The van der Waals surface area contributed by atoms with Crippen molar-refractivity contribution < 1.29 is 124 Å². The minimum Gasteiger partial charge on any atom is -0.482 e. The van der Waals surface area contributed by atoms with E-state index in [0.29, 0.717) is 127 Å². The van der Waals surface area contributed by atoms with Gasteiger partial charge in [0.2, 0.25) is 0 Å². The number of carbonyl (C=O) groups is 12. The molecule has 0 aromatic heterocycles. The quantitative estimate of drug-likeness (QED) is 0.0148. The summed E-state index contributed by atoms with van der Waals surface area (Å²) in [4.78, 5) is 147. The SMILES string of the molecule is CC(COCC(C)(C)COCC(C)OC(=O)COc1ccc(C(=O)c2ccccc2)cc1)OC(=O)COc1ccc(C(=O)c2ccccc2)cc1.O=C(COc1ccc(C(=O)c2ccccc2)cc1)OCCCCOC(=O)COc1ccc(C(=O)c2ccccc2)cc1.O=C(COc1ccc(C(=O)c2ccccc2)cc1)OCCOC(=O)COc1ccc(C(=O)c2ccccc2)cc1. The van der Waals surface area contributed by atoms with Crippen LogP contribution in [0, 0.1) is 5.41 Å². The second kappa shape index (κ2) is 53.2. The molecule has 0 amide bonds. The Bertz CT molecular complexity index is 5370. The van der Waals surface area contributed by atoms with E-state index in [1.54, 1.807) is 281 Å². The van der Waals surface area contributed by atoms with Crippen LogP contribution in [0.2, 0.25) is 0 Å². The summed E-state index contributed by atoms with van der Waals surface area (Å²) < 4.78 is 75.3. The lowest BCUT2D eigenvalue weighted by Gasteiger charge is -2.26. The number of carbonyl (C=O) groups excluding carboxylic acids is 12. The third-order valence-corrected chi connectivity index (χ3v) is 19.1. The van der Waals surface area contributed by atoms with Gasteiger partial charge in [-0.1, -0.05) is 196 Å². The smallest absolute Gasteiger partial charge is 0.344 e. The van der Waals surface area contributed by atoms with E-state index in [4.69, 9.17) is 66.3 Å². The Morgan fingerprint density at radius 1 is 0.218 bits per heavy atom. The largest absolute Gasteiger partial charge is 0.482 e. The summed E-state index contributed by atoms with van der Waals surface area (Å²) in [5.41, 5.74) is 6.28. The van der Waals surface area contributed by atoms with Gasteiger partial charge < -0.3 is 66.3 Å². The van der Waals surface area contributed by atoms with Crippen LogP contribution in [0.5, 0.6) is 34.5 Å². The molecule has 26 nitrogen and oxygen atoms in total. The van der Waals surface area contributed by atoms with Crippen molar-refractivity contribution in [3.05, 3.63) is 394 Å². The highest BCUT2D eigenvalue weighted by Crippen LogP contribution is 2.25. The van der Waals surface area contributed by atoms with Crippen LogP contribution in [-0.4, -0.2) is 175 Å². The molecule has 12 aromatic rings. The third kappa shape index (κ3) is 35.0. The number of unbranched alkanes of at least 4 members (excludes halogenated alkanes) is 1. The summed E-state index contributed by atoms with van der Waals surface area (Å²) in [7, 11) is 0. The number of rotatable bonds is 48. The van der Waals surface area contributed by atoms with Crippen LogP contribution in [-0.2, 0) is 66.7 Å². The van der Waals surface area contributed by atoms with E-state index in [0.717, 1.165) is 0 Å². The van der Waals surface area contributed by atoms with Gasteiger partial charge in [-0.15, -0.1) is 0 Å². The summed E-state index contributed by atoms with van der Waals surface area (Å²) in [6, 6.07) is 92.8. The van der Waals surface area contributed by atoms with E-state index in [1.165, 1.54) is 0 Å². The molecule has 0 aliphatic carbocycles. The fraction of sp³-hybridized carbons (Fsp3) is 0.215. The predicted molar refractivity (Wildman–Crippen MR) is 490 cm³/mol. The molecule has 12 rings (SSSR count). The molecular weight excluding hydrogens is 1700 g/mol. The summed E-state index contributed by atoms with van der Waals surface area (Å²) in [6.07, 6.45) is 0.0142. The average molecular weight is 1800 g/mol. The van der Waals surface area contributed by atoms with Gasteiger partial charge >= 0.3 is 35.8 Å². The lowest BCUT2D eigenvalue weighted by Crippen LogP contribution is -2.31. The molecule has 0 bridgehead atoms. The van der Waals surface area contributed by atoms with Gasteiger partial charge in [0.25, 0.3) is 0 Å². The van der Waals surface area contributed by atoms with Crippen LogP contribution in [0.1, 0.15) is 136 Å². The highest BCUT2D eigenvalue weighted by Gasteiger charge is 2.24. The van der Waals surface area contributed by atoms with Crippen molar-refractivity contribution in [1.82, 2.24) is 0 Å². The van der Waals surface area contributed by atoms with Crippen molar-refractivity contribution in [3.8, 4) is 34.5 Å². The zero-order chi connectivity index (χ0) is 94.4. The van der Waals surface area contributed by atoms with Gasteiger partial charge in [-0.2, -0.15) is 0 Å². The van der Waals surface area contributed by atoms with Crippen LogP contribution in [0.3, 0.4) is 0 Å². The number of esters is 6. The van der Waals surface area contributed by atoms with Gasteiger partial charge in [-0.25, -0.2) is 28.8 Å². The van der Waals surface area contributed by atoms with Crippen LogP contribution < -0.4 is 28.4 Å². The normalized spacial score (nSPS) is 11.1. The molecule has 0 radical (unpaired) electrons. The van der Waals surface area contributed by atoms with Gasteiger partial charge in [0.05, 0.1) is 39.6 Å². The monoisotopic (exact) mass is 1800 g/mol. The molecule has 2 atom stereocenters. The third-order valence-electron chi connectivity index (χ3n) is 19.1. The fourth-order valence-electron chi connectivity index (χ4n) is 12.3. The minimum absolute atomic E-state index is 0.0945. The Morgan fingerprint density at radius 2 is 0.383 bits per heavy atom. The minimum atomic E-state index is -0.637. The van der Waals surface area contributed by atoms with Crippen LogP contribution in [0.25, 0.3) is 0 Å². The van der Waals surface area contributed by atoms with Crippen molar-refractivity contribution >= 4 is 70.5 Å². The van der Waals surface area contributed by atoms with Crippen LogP contribution in [0.4, 0.5) is 0 Å². The van der Waals surface area contributed by atoms with Crippen LogP contribution >= 0.6 is 0 Å². The maximum Gasteiger partial charge on any atom is 0.344 e. The average Bonchev–Trinajstić information content (AvgIpc) is 0.872. The first kappa shape index (κ1) is 99.4. The maximum absolute atomic E-state index is 12.6. The first-order valence-electron chi connectivity index (χ1n) is 42.6. The molecule has 0 heterocycles. The molecule has 0 fully saturated rings. The van der Waals surface area contributed by atoms with Gasteiger partial charge in [0, 0.05) is 72.2 Å². The Hall–Kier alpha value is -15.8. The van der Waals surface area contributed by atoms with Crippen molar-refractivity contribution in [1.29, 1.82) is 0 Å². The van der Waals surface area contributed by atoms with E-state index >= 15 is 0 Å². The highest BCUT2D eigenvalue weighted by atomic mass is 16.6. The summed E-state index contributed by atoms with van der Waals surface area (Å²) in [5, 5.41) is 0. The van der Waals surface area contributed by atoms with Crippen molar-refractivity contribution in [2.75, 3.05) is 92.5 Å². The van der Waals surface area contributed by atoms with Crippen molar-refractivity contribution in [3.63, 3.8) is 0 Å². The van der Waals surface area contributed by atoms with E-state index < -0.39 is 48.0 Å². The predicted octanol–water partition coefficient (Wildman–Crippen LogP) is 16.7. The Labute approximate surface area is 769 Å². The molecule has 12 aromatic carbocycles. The topological polar surface area (TPSA) is 334 Å². The summed E-state index contributed by atoms with van der Waals surface area (Å²) in [5.74, 6) is -1.42. The number of ether oxygens (including phenoxy) is 14. The highest BCUT2D eigenvalue weighted by molar-refractivity contribution is 6.12. The van der Waals surface area contributed by atoms with Crippen molar-refractivity contribution in [2.45, 2.75) is 52.7 Å². The van der Waals surface area contributed by atoms with Gasteiger partial charge in [-0.05, 0) is 172 Å². The van der Waals surface area contributed by atoms with Crippen LogP contribution in [0.15, 0.2) is 328 Å². The maximum atomic E-state index is 12.6. The number of ketones is 6. The van der Waals surface area contributed by atoms with Gasteiger partial charge in [-0.3, -0.25) is 28.8 Å². The molecular formula is C107H100O26. The zero-order valence-electron chi connectivity index (χ0n) is 73.8. The molecule has 0 aliphatic heterocycles. The second-order valence-electron chi connectivity index (χ2n) is 30.4. The Kier molecular flexibility index (Phi) is 39.8. The zero-order valence-corrected chi connectivity index (χ0v) is 73.8. The number of hydrogen-bond donors (Lipinski definition) is 0. The second-order valence-corrected chi connectivity index (χ2v) is 30.4. The van der Waals surface area contributed by atoms with Gasteiger partial charge in [0.15, 0.2) is 74.3 Å². The lowest BCUT2D eigenvalue weighted by atomic mass is 9.96. The molecule has 0 aliphatic rings. The molecule has 684 valence electrons. The fourth-order valence-corrected chi connectivity index (χ4v) is 12.3. The first-order chi connectivity index (χ1) is 64.5. The number of hydrogen-bond acceptors (Lipinski definition) is 26. The Morgan fingerprint density at radius 3 is 0.571 bits per heavy atom. The van der Waals surface area contributed by atoms with E-state index in [2.05, 4.69) is 0 Å². The van der Waals surface area contributed by atoms with Crippen molar-refractivity contribution in [2.24, 2.45) is 5.41 Å². The standard InChI is InChI=1S/C41H44O10.C34H30O8.C32H26O8/c1-29(50-37(42)25-48-35-19-15-33(16-20-35)39(44)31-11-7-5-8-12-31)23-46-27-41(3,4)28-47-24-30(2)51-38(43)26-49-36-21-17-34(18-22-36)40(45)32-13-9-6-10-14-32;35-31(23-41-29-17-13-27(14-18-29)33(37)25-9-3-1-4-10-25)39-21-7-8-22-40-32(36)24-42-30-19-15-28(16-20-30)34(38)26-11-5-2-6-12-26;33-29(21-39-27-15-11-25(12-16-27)31(35)23-7-3-1-4-8-23)37-19-20-38-30(34)22-40-28-17-13-26(14-18-28)32(36)24-9-5-2-6-10-24/h5-22,29-30H,23-28H2,1-4H3;1-6,9-20H,7-8,21-24H2;1-18H,19-22H2. The van der Waals surface area contributed by atoms with E-state index in [1.807, 2.05) is 74.5 Å². The number of benzene rings is 12. The Balaban J connectivity index is 0.000000209. The summed E-state index contributed by atoms with van der Waals surface area (Å²) >= 11 is 0. The molecule has 0 saturated carbocycles. The molecule has 0 N–H and O–H groups in total. The van der Waals surface area contributed by atoms with E-state index in [-0.39, 0.29) is 119 Å². The molecule has 133 heavy (non-hydrogen) atoms. The van der Waals surface area contributed by atoms with Gasteiger partial charge in [0.1, 0.15) is 59.9 Å². The molecule has 26 heteroatoms. The van der Waals surface area contributed by atoms with E-state index in [9.17, 15) is 57.5 Å². The summed E-state index contributed by atoms with van der Waals surface area (Å²) in [6.45, 7) is 6.72. The lowest BCUT2D eigenvalue weighted by molar-refractivity contribution is -0.155. The molecule has 0 spiro atoms.